The molecule has 0 unspecified atom stereocenters. The first kappa shape index (κ1) is 8.21. The number of hydrogen-bond acceptors (Lipinski definition) is 2. The first-order chi connectivity index (χ1) is 5.25. The fraction of sp³-hybridized carbons (Fsp3) is 0. The molecule has 0 fully saturated rings. The van der Waals surface area contributed by atoms with E-state index in [1.54, 1.807) is 24.3 Å². The number of halogens is 1. The molecule has 1 rings (SSSR count). The lowest BCUT2D eigenvalue weighted by molar-refractivity contribution is 0.105. The van der Waals surface area contributed by atoms with Gasteiger partial charge in [0, 0.05) is 9.13 Å². The van der Waals surface area contributed by atoms with Crippen molar-refractivity contribution in [3.05, 3.63) is 33.4 Å². The van der Waals surface area contributed by atoms with E-state index in [2.05, 4.69) is 0 Å². The summed E-state index contributed by atoms with van der Waals surface area (Å²) in [5.74, 6) is -0.477. The second-order valence-electron chi connectivity index (χ2n) is 1.92. The Bertz CT molecular complexity index is 327. The van der Waals surface area contributed by atoms with Gasteiger partial charge in [0.2, 0.25) is 0 Å². The van der Waals surface area contributed by atoms with Crippen LogP contribution in [-0.2, 0) is 0 Å². The molecule has 0 spiro atoms. The Balaban J connectivity index is 3.16. The molecule has 0 aromatic heterocycles. The average molecular weight is 257 g/mol. The summed E-state index contributed by atoms with van der Waals surface area (Å²) in [4.78, 5) is 10.9. The number of carbonyl (C=O) groups excluding carboxylic acids is 1. The maximum atomic E-state index is 10.9. The van der Waals surface area contributed by atoms with E-state index in [9.17, 15) is 4.79 Å². The second-order valence-corrected chi connectivity index (χ2v) is 3.08. The van der Waals surface area contributed by atoms with Crippen molar-refractivity contribution < 1.29 is 4.79 Å². The van der Waals surface area contributed by atoms with Crippen LogP contribution in [0, 0.1) is 14.9 Å². The van der Waals surface area contributed by atoms with E-state index in [0.29, 0.717) is 5.56 Å². The molecule has 0 aliphatic rings. The topological polar surface area (TPSA) is 40.9 Å². The molecule has 1 aromatic rings. The highest BCUT2D eigenvalue weighted by Gasteiger charge is 2.06. The van der Waals surface area contributed by atoms with Crippen LogP contribution in [0.3, 0.4) is 0 Å². The van der Waals surface area contributed by atoms with Gasteiger partial charge < -0.3 is 0 Å². The molecule has 0 aliphatic carbocycles. The van der Waals surface area contributed by atoms with E-state index in [1.807, 2.05) is 28.7 Å². The van der Waals surface area contributed by atoms with Crippen LogP contribution in [0.4, 0.5) is 0 Å². The molecule has 0 amide bonds. The highest BCUT2D eigenvalue weighted by atomic mass is 127. The third kappa shape index (κ3) is 1.77. The first-order valence-corrected chi connectivity index (χ1v) is 4.02. The zero-order chi connectivity index (χ0) is 8.27. The normalized spacial score (nSPS) is 8.73. The molecular weight excluding hydrogens is 253 g/mol. The van der Waals surface area contributed by atoms with E-state index in [4.69, 9.17) is 5.26 Å². The molecule has 0 radical (unpaired) electrons. The third-order valence-electron chi connectivity index (χ3n) is 1.22. The molecular formula is C8H4INO. The number of carbonyl (C=O) groups is 1. The molecule has 0 saturated heterocycles. The third-order valence-corrected chi connectivity index (χ3v) is 2.16. The van der Waals surface area contributed by atoms with E-state index < -0.39 is 5.78 Å². The van der Waals surface area contributed by atoms with Gasteiger partial charge in [-0.3, -0.25) is 4.79 Å². The summed E-state index contributed by atoms with van der Waals surface area (Å²) in [5, 5.41) is 8.31. The van der Waals surface area contributed by atoms with Crippen LogP contribution >= 0.6 is 22.6 Å². The first-order valence-electron chi connectivity index (χ1n) is 2.94. The molecule has 0 aliphatic heterocycles. The van der Waals surface area contributed by atoms with Crippen LogP contribution in [0.1, 0.15) is 10.4 Å². The van der Waals surface area contributed by atoms with Gasteiger partial charge in [-0.05, 0) is 34.7 Å². The summed E-state index contributed by atoms with van der Waals surface area (Å²) in [7, 11) is 0. The summed E-state index contributed by atoms with van der Waals surface area (Å²) < 4.78 is 0.816. The lowest BCUT2D eigenvalue weighted by Crippen LogP contribution is -1.96. The van der Waals surface area contributed by atoms with Crippen LogP contribution in [0.25, 0.3) is 0 Å². The monoisotopic (exact) mass is 257 g/mol. The van der Waals surface area contributed by atoms with Crippen molar-refractivity contribution in [1.29, 1.82) is 5.26 Å². The van der Waals surface area contributed by atoms with Gasteiger partial charge in [-0.1, -0.05) is 12.1 Å². The largest absolute Gasteiger partial charge is 0.277 e. The Kier molecular flexibility index (Phi) is 2.60. The van der Waals surface area contributed by atoms with Gasteiger partial charge in [0.1, 0.15) is 6.07 Å². The molecule has 0 heterocycles. The van der Waals surface area contributed by atoms with E-state index in [0.717, 1.165) is 3.57 Å². The Morgan fingerprint density at radius 3 is 2.64 bits per heavy atom. The minimum Gasteiger partial charge on any atom is -0.277 e. The lowest BCUT2D eigenvalue weighted by atomic mass is 10.1. The van der Waals surface area contributed by atoms with Gasteiger partial charge in [0.05, 0.1) is 0 Å². The fourth-order valence-corrected chi connectivity index (χ4v) is 1.34. The number of nitriles is 1. The number of nitrogens with zero attached hydrogens (tertiary/aromatic N) is 1. The highest BCUT2D eigenvalue weighted by molar-refractivity contribution is 14.1. The van der Waals surface area contributed by atoms with E-state index >= 15 is 0 Å². The lowest BCUT2D eigenvalue weighted by Gasteiger charge is -1.94. The quantitative estimate of drug-likeness (QED) is 0.438. The molecule has 11 heavy (non-hydrogen) atoms. The van der Waals surface area contributed by atoms with Crippen molar-refractivity contribution in [3.63, 3.8) is 0 Å². The zero-order valence-electron chi connectivity index (χ0n) is 5.54. The average Bonchev–Trinajstić information content (AvgIpc) is 2.04. The predicted octanol–water partition coefficient (Wildman–Crippen LogP) is 2.00. The van der Waals surface area contributed by atoms with Crippen molar-refractivity contribution in [2.24, 2.45) is 0 Å². The van der Waals surface area contributed by atoms with Crippen molar-refractivity contribution in [3.8, 4) is 6.07 Å². The minimum absolute atomic E-state index is 0.477. The van der Waals surface area contributed by atoms with Crippen LogP contribution in [0.5, 0.6) is 0 Å². The van der Waals surface area contributed by atoms with Crippen LogP contribution in [0.2, 0.25) is 0 Å². The van der Waals surface area contributed by atoms with Crippen molar-refractivity contribution in [2.45, 2.75) is 0 Å². The standard InChI is InChI=1S/C8H4INO/c9-7-4-2-1-3-6(7)8(11)5-10/h1-4H. The van der Waals surface area contributed by atoms with Crippen LogP contribution in [-0.4, -0.2) is 5.78 Å². The molecule has 2 nitrogen and oxygen atoms in total. The Morgan fingerprint density at radius 2 is 2.09 bits per heavy atom. The fourth-order valence-electron chi connectivity index (χ4n) is 0.706. The summed E-state index contributed by atoms with van der Waals surface area (Å²) in [6.07, 6.45) is 0. The zero-order valence-corrected chi connectivity index (χ0v) is 7.70. The van der Waals surface area contributed by atoms with Crippen molar-refractivity contribution in [1.82, 2.24) is 0 Å². The SMILES string of the molecule is N#CC(=O)c1ccccc1I. The molecule has 0 atom stereocenters. The van der Waals surface area contributed by atoms with Crippen molar-refractivity contribution >= 4 is 28.4 Å². The molecule has 0 bridgehead atoms. The van der Waals surface area contributed by atoms with Gasteiger partial charge in [-0.25, -0.2) is 0 Å². The minimum atomic E-state index is -0.477. The van der Waals surface area contributed by atoms with E-state index in [1.165, 1.54) is 0 Å². The van der Waals surface area contributed by atoms with Crippen molar-refractivity contribution in [2.75, 3.05) is 0 Å². The number of rotatable bonds is 1. The van der Waals surface area contributed by atoms with Gasteiger partial charge >= 0.3 is 0 Å². The number of benzene rings is 1. The Morgan fingerprint density at radius 1 is 1.45 bits per heavy atom. The van der Waals surface area contributed by atoms with E-state index in [-0.39, 0.29) is 0 Å². The van der Waals surface area contributed by atoms with Crippen LogP contribution < -0.4 is 0 Å². The molecule has 54 valence electrons. The smallest absolute Gasteiger partial charge is 0.263 e. The van der Waals surface area contributed by atoms with Gasteiger partial charge in [0.15, 0.2) is 0 Å². The molecule has 1 aromatic carbocycles. The molecule has 3 heteroatoms. The predicted molar refractivity (Wildman–Crippen MR) is 49.1 cm³/mol. The van der Waals surface area contributed by atoms with Gasteiger partial charge in [-0.2, -0.15) is 5.26 Å². The second kappa shape index (κ2) is 3.49. The highest BCUT2D eigenvalue weighted by Crippen LogP contribution is 2.11. The Hall–Kier alpha value is -0.890. The molecule has 0 N–H and O–H groups in total. The summed E-state index contributed by atoms with van der Waals surface area (Å²) in [6.45, 7) is 0. The number of hydrogen-bond donors (Lipinski definition) is 0. The summed E-state index contributed by atoms with van der Waals surface area (Å²) in [6, 6.07) is 8.59. The maximum Gasteiger partial charge on any atom is 0.263 e. The van der Waals surface area contributed by atoms with Gasteiger partial charge in [0.25, 0.3) is 5.78 Å². The number of Topliss-reactive ketones (excluding diaryl/α,β-unsaturated/α-hetero) is 1. The maximum absolute atomic E-state index is 10.9. The van der Waals surface area contributed by atoms with Gasteiger partial charge in [-0.15, -0.1) is 0 Å². The Labute approximate surface area is 78.0 Å². The molecule has 0 saturated carbocycles. The summed E-state index contributed by atoms with van der Waals surface area (Å²) in [5.41, 5.74) is 0.482. The number of ketones is 1. The summed E-state index contributed by atoms with van der Waals surface area (Å²) >= 11 is 2.03. The van der Waals surface area contributed by atoms with Crippen LogP contribution in [0.15, 0.2) is 24.3 Å².